The summed E-state index contributed by atoms with van der Waals surface area (Å²) in [5.41, 5.74) is 1.05. The van der Waals surface area contributed by atoms with Crippen LogP contribution in [0.2, 0.25) is 0 Å². The fourth-order valence-corrected chi connectivity index (χ4v) is 4.64. The predicted molar refractivity (Wildman–Crippen MR) is 113 cm³/mol. The minimum Gasteiger partial charge on any atom is -0.352 e. The average molecular weight is 458 g/mol. The van der Waals surface area contributed by atoms with Gasteiger partial charge in [-0.05, 0) is 81.8 Å². The summed E-state index contributed by atoms with van der Waals surface area (Å²) in [6.07, 6.45) is -1.97. The molecule has 32 heavy (non-hydrogen) atoms. The van der Waals surface area contributed by atoms with Crippen LogP contribution in [0.1, 0.15) is 55.5 Å². The fourth-order valence-electron chi connectivity index (χ4n) is 4.64. The normalized spacial score (nSPS) is 21.6. The summed E-state index contributed by atoms with van der Waals surface area (Å²) < 4.78 is 53.3. The average Bonchev–Trinajstić information content (AvgIpc) is 3.27. The minimum absolute atomic E-state index is 0.0329. The lowest BCUT2D eigenvalue weighted by Gasteiger charge is -2.38. The van der Waals surface area contributed by atoms with Gasteiger partial charge in [0.1, 0.15) is 11.9 Å². The highest BCUT2D eigenvalue weighted by Gasteiger charge is 2.48. The van der Waals surface area contributed by atoms with E-state index in [-0.39, 0.29) is 24.8 Å². The number of carbonyl (C=O) groups excluding carboxylic acids is 2. The van der Waals surface area contributed by atoms with Crippen LogP contribution in [0.3, 0.4) is 0 Å². The Morgan fingerprint density at radius 3 is 2.44 bits per heavy atom. The summed E-state index contributed by atoms with van der Waals surface area (Å²) in [6, 6.07) is 2.03. The maximum Gasteiger partial charge on any atom is 0.408 e. The predicted octanol–water partition coefficient (Wildman–Crippen LogP) is 3.77. The second-order valence-electron chi connectivity index (χ2n) is 8.80. The van der Waals surface area contributed by atoms with Crippen molar-refractivity contribution in [1.29, 1.82) is 0 Å². The van der Waals surface area contributed by atoms with Gasteiger partial charge in [0.25, 0.3) is 5.91 Å². The number of rotatable bonds is 6. The van der Waals surface area contributed by atoms with Crippen molar-refractivity contribution in [2.45, 2.75) is 64.2 Å². The molecule has 1 aromatic rings. The van der Waals surface area contributed by atoms with Crippen molar-refractivity contribution in [3.63, 3.8) is 0 Å². The first-order valence-electron chi connectivity index (χ1n) is 11.3. The van der Waals surface area contributed by atoms with Gasteiger partial charge in [-0.15, -0.1) is 0 Å². The molecular formula is C23H31F4N3O2. The molecule has 1 N–H and O–H groups in total. The van der Waals surface area contributed by atoms with Crippen LogP contribution in [0, 0.1) is 11.7 Å². The molecule has 2 unspecified atom stereocenters. The Morgan fingerprint density at radius 2 is 1.81 bits per heavy atom. The van der Waals surface area contributed by atoms with Crippen molar-refractivity contribution < 1.29 is 27.2 Å². The van der Waals surface area contributed by atoms with E-state index in [2.05, 4.69) is 5.32 Å². The number of piperidine rings is 1. The van der Waals surface area contributed by atoms with E-state index in [9.17, 15) is 27.2 Å². The van der Waals surface area contributed by atoms with Gasteiger partial charge in [0, 0.05) is 18.7 Å². The largest absolute Gasteiger partial charge is 0.408 e. The molecule has 9 heteroatoms. The highest BCUT2D eigenvalue weighted by molar-refractivity contribution is 5.94. The summed E-state index contributed by atoms with van der Waals surface area (Å²) in [7, 11) is 0. The van der Waals surface area contributed by atoms with Gasteiger partial charge in [0.15, 0.2) is 0 Å². The van der Waals surface area contributed by atoms with Gasteiger partial charge in [0.2, 0.25) is 5.91 Å². The first-order chi connectivity index (χ1) is 15.1. The Morgan fingerprint density at radius 1 is 1.12 bits per heavy atom. The zero-order valence-corrected chi connectivity index (χ0v) is 18.6. The van der Waals surface area contributed by atoms with E-state index >= 15 is 0 Å². The van der Waals surface area contributed by atoms with E-state index in [1.54, 1.807) is 13.0 Å². The van der Waals surface area contributed by atoms with Crippen LogP contribution in [0.5, 0.6) is 0 Å². The van der Waals surface area contributed by atoms with E-state index in [1.807, 2.05) is 11.8 Å². The molecule has 0 spiro atoms. The molecule has 1 aromatic carbocycles. The van der Waals surface area contributed by atoms with Gasteiger partial charge in [-0.25, -0.2) is 4.39 Å². The molecule has 3 rings (SSSR count). The van der Waals surface area contributed by atoms with Crippen LogP contribution in [-0.2, 0) is 11.2 Å². The molecule has 2 heterocycles. The van der Waals surface area contributed by atoms with Crippen molar-refractivity contribution in [1.82, 2.24) is 15.1 Å². The molecule has 0 aromatic heterocycles. The van der Waals surface area contributed by atoms with Crippen LogP contribution in [0.15, 0.2) is 18.2 Å². The highest BCUT2D eigenvalue weighted by Crippen LogP contribution is 2.33. The third-order valence-electron chi connectivity index (χ3n) is 6.65. The molecule has 2 aliphatic heterocycles. The summed E-state index contributed by atoms with van der Waals surface area (Å²) in [4.78, 5) is 28.0. The quantitative estimate of drug-likeness (QED) is 0.662. The molecule has 0 aliphatic carbocycles. The number of carbonyl (C=O) groups is 2. The number of hydrogen-bond acceptors (Lipinski definition) is 3. The Balaban J connectivity index is 1.48. The number of nitrogens with zero attached hydrogens (tertiary/aromatic N) is 2. The standard InChI is InChI=1S/C23H31F4N3O2/c1-3-16-11-18(13-19(24)12-16)21(31)28-14-17-6-9-29(10-7-17)15(2)22(32)30-8-4-5-20(30)23(25,26)27/h11-13,15,17,20H,3-10,14H2,1-2H3,(H,28,31). The number of hydrogen-bond donors (Lipinski definition) is 1. The van der Waals surface area contributed by atoms with Gasteiger partial charge in [-0.1, -0.05) is 6.92 Å². The number of alkyl halides is 3. The summed E-state index contributed by atoms with van der Waals surface area (Å²) in [6.45, 7) is 5.31. The zero-order chi connectivity index (χ0) is 23.5. The number of nitrogens with one attached hydrogen (secondary N) is 1. The van der Waals surface area contributed by atoms with Gasteiger partial charge in [-0.2, -0.15) is 13.2 Å². The zero-order valence-electron chi connectivity index (χ0n) is 18.6. The maximum atomic E-state index is 13.7. The van der Waals surface area contributed by atoms with Crippen LogP contribution in [0.25, 0.3) is 0 Å². The second-order valence-corrected chi connectivity index (χ2v) is 8.80. The van der Waals surface area contributed by atoms with E-state index in [4.69, 9.17) is 0 Å². The van der Waals surface area contributed by atoms with Crippen molar-refractivity contribution in [2.75, 3.05) is 26.2 Å². The molecule has 2 fully saturated rings. The van der Waals surface area contributed by atoms with Gasteiger partial charge < -0.3 is 10.2 Å². The summed E-state index contributed by atoms with van der Waals surface area (Å²) in [5.74, 6) is -1.02. The topological polar surface area (TPSA) is 52.7 Å². The van der Waals surface area contributed by atoms with E-state index in [0.29, 0.717) is 38.0 Å². The van der Waals surface area contributed by atoms with Gasteiger partial charge in [-0.3, -0.25) is 14.5 Å². The van der Waals surface area contributed by atoms with Crippen molar-refractivity contribution in [3.8, 4) is 0 Å². The molecule has 2 aliphatic rings. The van der Waals surface area contributed by atoms with Crippen LogP contribution in [0.4, 0.5) is 17.6 Å². The molecule has 2 saturated heterocycles. The number of benzene rings is 1. The molecule has 2 atom stereocenters. The smallest absolute Gasteiger partial charge is 0.352 e. The maximum absolute atomic E-state index is 13.7. The van der Waals surface area contributed by atoms with Crippen molar-refractivity contribution >= 4 is 11.8 Å². The van der Waals surface area contributed by atoms with Gasteiger partial charge in [0.05, 0.1) is 6.04 Å². The Labute approximate surface area is 186 Å². The lowest BCUT2D eigenvalue weighted by Crippen LogP contribution is -2.54. The first kappa shape index (κ1) is 24.5. The van der Waals surface area contributed by atoms with Crippen LogP contribution < -0.4 is 5.32 Å². The summed E-state index contributed by atoms with van der Waals surface area (Å²) >= 11 is 0. The lowest BCUT2D eigenvalue weighted by molar-refractivity contribution is -0.184. The van der Waals surface area contributed by atoms with E-state index in [1.165, 1.54) is 12.1 Å². The SMILES string of the molecule is CCc1cc(F)cc(C(=O)NCC2CCN(C(C)C(=O)N3CCCC3C(F)(F)F)CC2)c1. The monoisotopic (exact) mass is 457 g/mol. The van der Waals surface area contributed by atoms with Gasteiger partial charge >= 0.3 is 6.18 Å². The first-order valence-corrected chi connectivity index (χ1v) is 11.3. The Hall–Kier alpha value is -2.16. The molecule has 0 saturated carbocycles. The fraction of sp³-hybridized carbons (Fsp3) is 0.652. The van der Waals surface area contributed by atoms with Crippen molar-refractivity contribution in [3.05, 3.63) is 35.1 Å². The molecule has 2 amide bonds. The number of amides is 2. The summed E-state index contributed by atoms with van der Waals surface area (Å²) in [5, 5.41) is 2.86. The molecule has 0 bridgehead atoms. The van der Waals surface area contributed by atoms with Crippen LogP contribution in [-0.4, -0.2) is 66.1 Å². The minimum atomic E-state index is -4.39. The molecule has 0 radical (unpaired) electrons. The Bertz CT molecular complexity index is 822. The highest BCUT2D eigenvalue weighted by atomic mass is 19.4. The van der Waals surface area contributed by atoms with E-state index in [0.717, 1.165) is 23.3 Å². The third-order valence-corrected chi connectivity index (χ3v) is 6.65. The third kappa shape index (κ3) is 5.79. The van der Waals surface area contributed by atoms with Crippen molar-refractivity contribution in [2.24, 2.45) is 5.92 Å². The molecule has 178 valence electrons. The van der Waals surface area contributed by atoms with Crippen LogP contribution >= 0.6 is 0 Å². The number of likely N-dealkylation sites (tertiary alicyclic amines) is 2. The van der Waals surface area contributed by atoms with E-state index < -0.39 is 30.0 Å². The Kier molecular flexibility index (Phi) is 7.79. The molecular weight excluding hydrogens is 426 g/mol. The number of aryl methyl sites for hydroxylation is 1. The number of halogens is 4. The second kappa shape index (κ2) is 10.2. The lowest BCUT2D eigenvalue weighted by atomic mass is 9.95. The molecule has 5 nitrogen and oxygen atoms in total.